The summed E-state index contributed by atoms with van der Waals surface area (Å²) < 4.78 is 5.61. The van der Waals surface area contributed by atoms with E-state index < -0.39 is 17.7 Å². The molecule has 1 aliphatic heterocycles. The van der Waals surface area contributed by atoms with Crippen molar-refractivity contribution < 1.29 is 19.4 Å². The standard InChI is InChI=1S/C31H40N2O4/c1-8-19-37-24-15-16-25(21(4)20-24)28(34)26-27(22-11-13-23(14-12-22)31(5,6)7)33(30(36)29(26)35)18-17-32(9-2)10-3/h8,11-16,20,27,34H,1,9-10,17-19H2,2-7H3/b28-26+. The van der Waals surface area contributed by atoms with E-state index in [1.54, 1.807) is 23.1 Å². The number of aliphatic hydroxyl groups excluding tert-OH is 1. The number of aryl methyl sites for hydroxylation is 1. The average Bonchev–Trinajstić information content (AvgIpc) is 3.12. The van der Waals surface area contributed by atoms with Crippen molar-refractivity contribution in [1.29, 1.82) is 0 Å². The number of likely N-dealkylation sites (tertiary alicyclic amines) is 1. The maximum atomic E-state index is 13.4. The average molecular weight is 505 g/mol. The lowest BCUT2D eigenvalue weighted by Crippen LogP contribution is -2.38. The van der Waals surface area contributed by atoms with Crippen LogP contribution in [0, 0.1) is 6.92 Å². The molecule has 37 heavy (non-hydrogen) atoms. The highest BCUT2D eigenvalue weighted by molar-refractivity contribution is 6.46. The van der Waals surface area contributed by atoms with Crippen LogP contribution in [0.1, 0.15) is 62.9 Å². The van der Waals surface area contributed by atoms with Gasteiger partial charge >= 0.3 is 0 Å². The zero-order chi connectivity index (χ0) is 27.3. The first kappa shape index (κ1) is 28.2. The van der Waals surface area contributed by atoms with Crippen LogP contribution in [0.25, 0.3) is 5.76 Å². The minimum absolute atomic E-state index is 0.0321. The van der Waals surface area contributed by atoms with E-state index in [9.17, 15) is 14.7 Å². The highest BCUT2D eigenvalue weighted by Crippen LogP contribution is 2.40. The predicted octanol–water partition coefficient (Wildman–Crippen LogP) is 5.62. The Bertz CT molecular complexity index is 1170. The molecule has 198 valence electrons. The summed E-state index contributed by atoms with van der Waals surface area (Å²) in [4.78, 5) is 30.5. The van der Waals surface area contributed by atoms with E-state index in [0.29, 0.717) is 31.0 Å². The van der Waals surface area contributed by atoms with Gasteiger partial charge in [-0.15, -0.1) is 0 Å². The van der Waals surface area contributed by atoms with E-state index in [1.807, 2.05) is 37.3 Å². The first-order chi connectivity index (χ1) is 17.5. The molecule has 1 heterocycles. The molecule has 1 fully saturated rings. The van der Waals surface area contributed by atoms with Crippen LogP contribution >= 0.6 is 0 Å². The minimum Gasteiger partial charge on any atom is -0.507 e. The van der Waals surface area contributed by atoms with Gasteiger partial charge in [-0.25, -0.2) is 0 Å². The minimum atomic E-state index is -0.666. The molecule has 0 radical (unpaired) electrons. The van der Waals surface area contributed by atoms with Crippen molar-refractivity contribution >= 4 is 17.4 Å². The van der Waals surface area contributed by atoms with E-state index in [2.05, 4.69) is 46.1 Å². The fraction of sp³-hybridized carbons (Fsp3) is 0.419. The van der Waals surface area contributed by atoms with Gasteiger partial charge in [-0.05, 0) is 60.3 Å². The number of benzene rings is 2. The molecule has 1 aliphatic rings. The third-order valence-corrected chi connectivity index (χ3v) is 7.00. The van der Waals surface area contributed by atoms with Crippen molar-refractivity contribution in [3.8, 4) is 5.75 Å². The third-order valence-electron chi connectivity index (χ3n) is 7.00. The number of ether oxygens (including phenoxy) is 1. The molecule has 3 rings (SSSR count). The van der Waals surface area contributed by atoms with Crippen molar-refractivity contribution in [3.05, 3.63) is 82.9 Å². The quantitative estimate of drug-likeness (QED) is 0.197. The molecule has 1 amide bonds. The van der Waals surface area contributed by atoms with Gasteiger partial charge in [0.1, 0.15) is 18.1 Å². The summed E-state index contributed by atoms with van der Waals surface area (Å²) in [6.45, 7) is 19.2. The number of amides is 1. The summed E-state index contributed by atoms with van der Waals surface area (Å²) in [6, 6.07) is 12.6. The van der Waals surface area contributed by atoms with Gasteiger partial charge in [0.25, 0.3) is 11.7 Å². The van der Waals surface area contributed by atoms with Gasteiger partial charge in [0.05, 0.1) is 11.6 Å². The van der Waals surface area contributed by atoms with Crippen molar-refractivity contribution in [3.63, 3.8) is 0 Å². The summed E-state index contributed by atoms with van der Waals surface area (Å²) in [5, 5.41) is 11.5. The monoisotopic (exact) mass is 504 g/mol. The van der Waals surface area contributed by atoms with E-state index in [-0.39, 0.29) is 16.7 Å². The van der Waals surface area contributed by atoms with Gasteiger partial charge in [-0.1, -0.05) is 71.5 Å². The molecule has 6 heteroatoms. The summed E-state index contributed by atoms with van der Waals surface area (Å²) in [7, 11) is 0. The molecule has 1 saturated heterocycles. The van der Waals surface area contributed by atoms with E-state index in [1.165, 1.54) is 0 Å². The maximum absolute atomic E-state index is 13.4. The molecule has 0 bridgehead atoms. The highest BCUT2D eigenvalue weighted by atomic mass is 16.5. The van der Waals surface area contributed by atoms with Crippen LogP contribution in [0.5, 0.6) is 5.75 Å². The normalized spacial score (nSPS) is 17.5. The fourth-order valence-corrected chi connectivity index (χ4v) is 4.70. The number of Topliss-reactive ketones (excluding diaryl/α,β-unsaturated/α-hetero) is 1. The molecule has 0 spiro atoms. The molecule has 1 unspecified atom stereocenters. The van der Waals surface area contributed by atoms with Gasteiger partial charge in [-0.2, -0.15) is 0 Å². The van der Waals surface area contributed by atoms with Crippen LogP contribution in [0.4, 0.5) is 0 Å². The van der Waals surface area contributed by atoms with Crippen LogP contribution in [-0.4, -0.2) is 59.4 Å². The van der Waals surface area contributed by atoms with Crippen molar-refractivity contribution in [2.75, 3.05) is 32.8 Å². The van der Waals surface area contributed by atoms with Crippen molar-refractivity contribution in [1.82, 2.24) is 9.80 Å². The molecule has 1 N–H and O–H groups in total. The maximum Gasteiger partial charge on any atom is 0.295 e. The Kier molecular flexibility index (Phi) is 8.98. The van der Waals surface area contributed by atoms with Crippen molar-refractivity contribution in [2.24, 2.45) is 0 Å². The van der Waals surface area contributed by atoms with Gasteiger partial charge in [0.15, 0.2) is 0 Å². The Morgan fingerprint density at radius 1 is 1.11 bits per heavy atom. The number of aliphatic hydroxyl groups is 1. The zero-order valence-corrected chi connectivity index (χ0v) is 23.0. The molecule has 0 aromatic heterocycles. The number of likely N-dealkylation sites (N-methyl/N-ethyl adjacent to an activating group) is 1. The van der Waals surface area contributed by atoms with Crippen LogP contribution in [0.3, 0.4) is 0 Å². The Morgan fingerprint density at radius 3 is 2.30 bits per heavy atom. The SMILES string of the molecule is C=CCOc1ccc(/C(O)=C2\C(=O)C(=O)N(CCN(CC)CC)C2c2ccc(C(C)(C)C)cc2)c(C)c1. The lowest BCUT2D eigenvalue weighted by molar-refractivity contribution is -0.140. The molecule has 0 aliphatic carbocycles. The molecule has 2 aromatic carbocycles. The largest absolute Gasteiger partial charge is 0.507 e. The topological polar surface area (TPSA) is 70.1 Å². The number of carbonyl (C=O) groups excluding carboxylic acids is 2. The first-order valence-corrected chi connectivity index (χ1v) is 13.0. The lowest BCUT2D eigenvalue weighted by Gasteiger charge is -2.29. The molecular formula is C31H40N2O4. The fourth-order valence-electron chi connectivity index (χ4n) is 4.70. The second-order valence-electron chi connectivity index (χ2n) is 10.5. The second kappa shape index (κ2) is 11.8. The number of hydrogen-bond acceptors (Lipinski definition) is 5. The predicted molar refractivity (Wildman–Crippen MR) is 149 cm³/mol. The summed E-state index contributed by atoms with van der Waals surface area (Å²) in [5.74, 6) is -0.764. The Hall–Kier alpha value is -3.38. The van der Waals surface area contributed by atoms with E-state index in [4.69, 9.17) is 4.74 Å². The number of rotatable bonds is 10. The van der Waals surface area contributed by atoms with Gasteiger partial charge in [0, 0.05) is 18.7 Å². The van der Waals surface area contributed by atoms with Crippen LogP contribution in [-0.2, 0) is 15.0 Å². The van der Waals surface area contributed by atoms with Crippen LogP contribution in [0.15, 0.2) is 60.7 Å². The second-order valence-corrected chi connectivity index (χ2v) is 10.5. The highest BCUT2D eigenvalue weighted by Gasteiger charge is 2.46. The van der Waals surface area contributed by atoms with Gasteiger partial charge in [0.2, 0.25) is 0 Å². The number of nitrogens with zero attached hydrogens (tertiary/aromatic N) is 2. The summed E-state index contributed by atoms with van der Waals surface area (Å²) in [5.41, 5.74) is 3.30. The van der Waals surface area contributed by atoms with Gasteiger partial charge in [-0.3, -0.25) is 9.59 Å². The van der Waals surface area contributed by atoms with E-state index in [0.717, 1.165) is 29.8 Å². The van der Waals surface area contributed by atoms with E-state index >= 15 is 0 Å². The molecule has 2 aromatic rings. The lowest BCUT2D eigenvalue weighted by atomic mass is 9.85. The number of hydrogen-bond donors (Lipinski definition) is 1. The summed E-state index contributed by atoms with van der Waals surface area (Å²) >= 11 is 0. The molecule has 1 atom stereocenters. The Labute approximate surface area is 221 Å². The number of ketones is 1. The number of carbonyl (C=O) groups is 2. The molecule has 0 saturated carbocycles. The summed E-state index contributed by atoms with van der Waals surface area (Å²) in [6.07, 6.45) is 1.66. The zero-order valence-electron chi connectivity index (χ0n) is 23.0. The molecular weight excluding hydrogens is 464 g/mol. The van der Waals surface area contributed by atoms with Crippen molar-refractivity contribution in [2.45, 2.75) is 53.0 Å². The first-order valence-electron chi connectivity index (χ1n) is 13.0. The Morgan fingerprint density at radius 2 is 1.76 bits per heavy atom. The van der Waals surface area contributed by atoms with Crippen LogP contribution < -0.4 is 4.74 Å². The Balaban J connectivity index is 2.11. The molecule has 6 nitrogen and oxygen atoms in total. The van der Waals surface area contributed by atoms with Crippen LogP contribution in [0.2, 0.25) is 0 Å². The smallest absolute Gasteiger partial charge is 0.295 e. The van der Waals surface area contributed by atoms with Gasteiger partial charge < -0.3 is 19.6 Å². The third kappa shape index (κ3) is 6.13.